The van der Waals surface area contributed by atoms with Crippen molar-refractivity contribution in [3.8, 4) is 0 Å². The Balaban J connectivity index is 1.67. The first-order valence-corrected chi connectivity index (χ1v) is 15.5. The van der Waals surface area contributed by atoms with Crippen molar-refractivity contribution in [1.29, 1.82) is 0 Å². The summed E-state index contributed by atoms with van der Waals surface area (Å²) in [5, 5.41) is 4.17. The van der Waals surface area contributed by atoms with E-state index in [2.05, 4.69) is 55.5 Å². The zero-order valence-corrected chi connectivity index (χ0v) is 26.5. The SMILES string of the molecule is CO[C@H](c1nc(Br)cs1)[C@@H](C(=O)N1CCC[C@@H](C(=O)OCC(C)(C)C)N1)N(Cc1ccccc1)Cc1ccccc1. The molecule has 1 fully saturated rings. The lowest BCUT2D eigenvalue weighted by molar-refractivity contribution is -0.158. The lowest BCUT2D eigenvalue weighted by Gasteiger charge is -2.40. The summed E-state index contributed by atoms with van der Waals surface area (Å²) in [7, 11) is 1.61. The molecule has 10 heteroatoms. The molecule has 0 aliphatic carbocycles. The molecule has 0 unspecified atom stereocenters. The van der Waals surface area contributed by atoms with Gasteiger partial charge in [-0.1, -0.05) is 81.4 Å². The van der Waals surface area contributed by atoms with E-state index in [1.807, 2.05) is 62.5 Å². The van der Waals surface area contributed by atoms with E-state index in [0.29, 0.717) is 48.7 Å². The van der Waals surface area contributed by atoms with Crippen molar-refractivity contribution >= 4 is 39.1 Å². The molecule has 4 rings (SSSR count). The van der Waals surface area contributed by atoms with Crippen LogP contribution in [0.4, 0.5) is 0 Å². The Morgan fingerprint density at radius 3 is 2.22 bits per heavy atom. The maximum absolute atomic E-state index is 14.5. The van der Waals surface area contributed by atoms with E-state index < -0.39 is 18.2 Å². The summed E-state index contributed by atoms with van der Waals surface area (Å²) in [6.45, 7) is 7.88. The van der Waals surface area contributed by atoms with Gasteiger partial charge in [0.2, 0.25) is 0 Å². The van der Waals surface area contributed by atoms with Gasteiger partial charge in [0.25, 0.3) is 5.91 Å². The molecule has 3 aromatic rings. The zero-order chi connectivity index (χ0) is 29.4. The van der Waals surface area contributed by atoms with Crippen molar-refractivity contribution in [1.82, 2.24) is 20.3 Å². The van der Waals surface area contributed by atoms with Gasteiger partial charge < -0.3 is 9.47 Å². The molecule has 3 atom stereocenters. The molecule has 1 aliphatic heterocycles. The average molecular weight is 644 g/mol. The van der Waals surface area contributed by atoms with Gasteiger partial charge in [0.1, 0.15) is 27.8 Å². The number of carbonyl (C=O) groups excluding carboxylic acids is 2. The predicted octanol–water partition coefficient (Wildman–Crippen LogP) is 5.75. The van der Waals surface area contributed by atoms with Gasteiger partial charge in [-0.05, 0) is 45.3 Å². The Bertz CT molecular complexity index is 1230. The summed E-state index contributed by atoms with van der Waals surface area (Å²) >= 11 is 4.90. The molecule has 1 aliphatic rings. The van der Waals surface area contributed by atoms with Crippen molar-refractivity contribution in [3.63, 3.8) is 0 Å². The third-order valence-electron chi connectivity index (χ3n) is 6.77. The van der Waals surface area contributed by atoms with Gasteiger partial charge in [0.15, 0.2) is 0 Å². The minimum Gasteiger partial charge on any atom is -0.464 e. The number of thiazole rings is 1. The third kappa shape index (κ3) is 8.93. The number of hydrogen-bond acceptors (Lipinski definition) is 8. The number of amides is 1. The summed E-state index contributed by atoms with van der Waals surface area (Å²) < 4.78 is 12.3. The highest BCUT2D eigenvalue weighted by atomic mass is 79.9. The van der Waals surface area contributed by atoms with Crippen LogP contribution in [0.5, 0.6) is 0 Å². The second kappa shape index (κ2) is 14.5. The van der Waals surface area contributed by atoms with Crippen LogP contribution in [-0.2, 0) is 32.2 Å². The minimum absolute atomic E-state index is 0.145. The van der Waals surface area contributed by atoms with E-state index in [0.717, 1.165) is 11.1 Å². The summed E-state index contributed by atoms with van der Waals surface area (Å²) in [5.74, 6) is -0.519. The molecule has 41 heavy (non-hydrogen) atoms. The Labute approximate surface area is 255 Å². The normalized spacial score (nSPS) is 17.3. The van der Waals surface area contributed by atoms with Gasteiger partial charge in [-0.15, -0.1) is 11.3 Å². The number of nitrogens with zero attached hydrogens (tertiary/aromatic N) is 3. The Morgan fingerprint density at radius 2 is 1.71 bits per heavy atom. The molecular formula is C31H39BrN4O4S. The molecule has 1 saturated heterocycles. The van der Waals surface area contributed by atoms with Crippen LogP contribution in [0.2, 0.25) is 0 Å². The standard InChI is InChI=1S/C31H39BrN4O4S/c1-31(2,3)21-40-30(38)24-16-11-17-36(34-24)29(37)26(27(39-4)28-33-25(32)20-41-28)35(18-22-12-7-5-8-13-22)19-23-14-9-6-10-15-23/h5-10,12-15,20,24,26-27,34H,11,16-19,21H2,1-4H3/t24-,26-,27-/m0/s1. The summed E-state index contributed by atoms with van der Waals surface area (Å²) in [5.41, 5.74) is 5.20. The molecular weight excluding hydrogens is 604 g/mol. The van der Waals surface area contributed by atoms with Crippen LogP contribution < -0.4 is 5.43 Å². The number of ether oxygens (including phenoxy) is 2. The van der Waals surface area contributed by atoms with Gasteiger partial charge >= 0.3 is 5.97 Å². The number of carbonyl (C=O) groups is 2. The number of methoxy groups -OCH3 is 1. The van der Waals surface area contributed by atoms with E-state index in [9.17, 15) is 9.59 Å². The fraction of sp³-hybridized carbons (Fsp3) is 0.452. The quantitative estimate of drug-likeness (QED) is 0.267. The molecule has 0 bridgehead atoms. The monoisotopic (exact) mass is 642 g/mol. The van der Waals surface area contributed by atoms with Crippen molar-refractivity contribution in [2.75, 3.05) is 20.3 Å². The summed E-state index contributed by atoms with van der Waals surface area (Å²) in [6, 6.07) is 18.9. The second-order valence-electron chi connectivity index (χ2n) is 11.5. The van der Waals surface area contributed by atoms with Crippen molar-refractivity contribution < 1.29 is 19.1 Å². The Morgan fingerprint density at radius 1 is 1.10 bits per heavy atom. The molecule has 0 spiro atoms. The van der Waals surface area contributed by atoms with Crippen LogP contribution in [0.15, 0.2) is 70.6 Å². The Hall–Kier alpha value is -2.63. The van der Waals surface area contributed by atoms with E-state index >= 15 is 0 Å². The lowest BCUT2D eigenvalue weighted by Crippen LogP contribution is -2.61. The average Bonchev–Trinajstić information content (AvgIpc) is 3.40. The van der Waals surface area contributed by atoms with Crippen LogP contribution in [0, 0.1) is 5.41 Å². The second-order valence-corrected chi connectivity index (χ2v) is 13.2. The summed E-state index contributed by atoms with van der Waals surface area (Å²) in [6.07, 6.45) is 0.641. The van der Waals surface area contributed by atoms with Crippen LogP contribution in [0.1, 0.15) is 55.9 Å². The van der Waals surface area contributed by atoms with Gasteiger partial charge in [0.05, 0.1) is 6.61 Å². The number of hydrazine groups is 1. The van der Waals surface area contributed by atoms with Crippen LogP contribution in [0.3, 0.4) is 0 Å². The molecule has 8 nitrogen and oxygen atoms in total. The number of halogens is 1. The largest absolute Gasteiger partial charge is 0.464 e. The van der Waals surface area contributed by atoms with Crippen LogP contribution in [0.25, 0.3) is 0 Å². The van der Waals surface area contributed by atoms with E-state index in [1.165, 1.54) is 11.3 Å². The van der Waals surface area contributed by atoms with Gasteiger partial charge in [-0.2, -0.15) is 0 Å². The number of hydrogen-bond donors (Lipinski definition) is 1. The van der Waals surface area contributed by atoms with Crippen LogP contribution >= 0.6 is 27.3 Å². The number of aromatic nitrogens is 1. The first-order chi connectivity index (χ1) is 19.6. The minimum atomic E-state index is -0.727. The maximum atomic E-state index is 14.5. The highest BCUT2D eigenvalue weighted by Gasteiger charge is 2.41. The number of benzene rings is 2. The first-order valence-electron chi connectivity index (χ1n) is 13.8. The van der Waals surface area contributed by atoms with E-state index in [1.54, 1.807) is 12.1 Å². The fourth-order valence-corrected chi connectivity index (χ4v) is 6.16. The summed E-state index contributed by atoms with van der Waals surface area (Å²) in [4.78, 5) is 34.3. The number of esters is 1. The van der Waals surface area contributed by atoms with E-state index in [-0.39, 0.29) is 17.3 Å². The van der Waals surface area contributed by atoms with Gasteiger partial charge in [0, 0.05) is 32.1 Å². The number of rotatable bonds is 11. The molecule has 220 valence electrons. The fourth-order valence-electron chi connectivity index (χ4n) is 4.79. The smallest absolute Gasteiger partial charge is 0.324 e. The highest BCUT2D eigenvalue weighted by Crippen LogP contribution is 2.32. The van der Waals surface area contributed by atoms with Crippen molar-refractivity contribution in [2.24, 2.45) is 5.41 Å². The molecule has 2 heterocycles. The molecule has 0 radical (unpaired) electrons. The molecule has 0 saturated carbocycles. The highest BCUT2D eigenvalue weighted by molar-refractivity contribution is 9.10. The van der Waals surface area contributed by atoms with Crippen molar-refractivity contribution in [3.05, 3.63) is 86.8 Å². The third-order valence-corrected chi connectivity index (χ3v) is 8.38. The lowest BCUT2D eigenvalue weighted by atomic mass is 9.98. The van der Waals surface area contributed by atoms with Gasteiger partial charge in [-0.3, -0.25) is 19.5 Å². The topological polar surface area (TPSA) is 84.0 Å². The molecule has 1 aromatic heterocycles. The zero-order valence-electron chi connectivity index (χ0n) is 24.1. The van der Waals surface area contributed by atoms with Crippen LogP contribution in [-0.4, -0.2) is 59.1 Å². The molecule has 1 N–H and O–H groups in total. The first kappa shape index (κ1) is 31.3. The molecule has 1 amide bonds. The maximum Gasteiger partial charge on any atom is 0.324 e. The molecule has 2 aromatic carbocycles. The number of nitrogens with one attached hydrogen (secondary N) is 1. The van der Waals surface area contributed by atoms with Gasteiger partial charge in [-0.25, -0.2) is 10.4 Å². The Kier molecular flexibility index (Phi) is 11.1. The van der Waals surface area contributed by atoms with E-state index in [4.69, 9.17) is 9.47 Å². The predicted molar refractivity (Wildman–Crippen MR) is 164 cm³/mol. The van der Waals surface area contributed by atoms with Crippen molar-refractivity contribution in [2.45, 2.75) is 64.9 Å².